The van der Waals surface area contributed by atoms with Crippen LogP contribution >= 0.6 is 0 Å². The van der Waals surface area contributed by atoms with E-state index in [-0.39, 0.29) is 24.5 Å². The number of rotatable bonds is 11. The van der Waals surface area contributed by atoms with Crippen LogP contribution in [-0.4, -0.2) is 35.4 Å². The molecule has 0 bridgehead atoms. The Morgan fingerprint density at radius 2 is 1.59 bits per heavy atom. The molecule has 0 heterocycles. The molecule has 196 valence electrons. The summed E-state index contributed by atoms with van der Waals surface area (Å²) in [5, 5.41) is 3.11. The Hall–Kier alpha value is -3.60. The van der Waals surface area contributed by atoms with Crippen LogP contribution in [0.5, 0.6) is 5.75 Å². The Labute approximate surface area is 221 Å². The highest BCUT2D eigenvalue weighted by molar-refractivity contribution is 5.88. The number of amides is 2. The molecule has 3 aromatic rings. The molecule has 1 N–H and O–H groups in total. The predicted octanol–water partition coefficient (Wildman–Crippen LogP) is 5.85. The molecular formula is C32H40N2O3. The number of aryl methyl sites for hydroxylation is 3. The fraction of sp³-hybridized carbons (Fsp3) is 0.375. The third kappa shape index (κ3) is 7.94. The Morgan fingerprint density at radius 1 is 0.892 bits per heavy atom. The maximum atomic E-state index is 13.8. The third-order valence-electron chi connectivity index (χ3n) is 6.82. The third-order valence-corrected chi connectivity index (χ3v) is 6.82. The standard InChI is InChI=1S/C32H40N2O3/c1-7-25(5)33-32(36)29(19-27-13-9-8-10-14-27)34(20-28-15-11-12-22(2)17-28)31(35)21-37-30-18-23(3)16-24(4)26(30)6/h8-18,25,29H,7,19-21H2,1-6H3,(H,33,36)/t25-,29-/m1/s1. The minimum Gasteiger partial charge on any atom is -0.483 e. The number of nitrogens with zero attached hydrogens (tertiary/aromatic N) is 1. The lowest BCUT2D eigenvalue weighted by molar-refractivity contribution is -0.143. The number of benzene rings is 3. The average Bonchev–Trinajstić information content (AvgIpc) is 2.87. The van der Waals surface area contributed by atoms with Crippen molar-refractivity contribution in [3.8, 4) is 5.75 Å². The van der Waals surface area contributed by atoms with Crippen LogP contribution in [-0.2, 0) is 22.6 Å². The van der Waals surface area contributed by atoms with Gasteiger partial charge in [-0.25, -0.2) is 0 Å². The van der Waals surface area contributed by atoms with Crippen molar-refractivity contribution in [2.45, 2.75) is 73.0 Å². The first-order valence-electron chi connectivity index (χ1n) is 13.1. The maximum absolute atomic E-state index is 13.8. The highest BCUT2D eigenvalue weighted by Crippen LogP contribution is 2.24. The lowest BCUT2D eigenvalue weighted by atomic mass is 10.0. The van der Waals surface area contributed by atoms with E-state index in [2.05, 4.69) is 17.4 Å². The van der Waals surface area contributed by atoms with Gasteiger partial charge in [-0.3, -0.25) is 9.59 Å². The van der Waals surface area contributed by atoms with E-state index in [4.69, 9.17) is 4.74 Å². The largest absolute Gasteiger partial charge is 0.483 e. The van der Waals surface area contributed by atoms with Crippen molar-refractivity contribution in [2.24, 2.45) is 0 Å². The second kappa shape index (κ2) is 13.1. The first-order chi connectivity index (χ1) is 17.7. The predicted molar refractivity (Wildman–Crippen MR) is 150 cm³/mol. The van der Waals surface area contributed by atoms with Crippen LogP contribution in [0, 0.1) is 27.7 Å². The molecule has 0 saturated heterocycles. The molecule has 5 heteroatoms. The van der Waals surface area contributed by atoms with E-state index in [9.17, 15) is 9.59 Å². The Kier molecular flexibility index (Phi) is 9.90. The van der Waals surface area contributed by atoms with Crippen molar-refractivity contribution >= 4 is 11.8 Å². The molecule has 0 radical (unpaired) electrons. The van der Waals surface area contributed by atoms with Gasteiger partial charge in [0.1, 0.15) is 11.8 Å². The van der Waals surface area contributed by atoms with Crippen molar-refractivity contribution in [3.05, 3.63) is 100 Å². The van der Waals surface area contributed by atoms with Gasteiger partial charge in [-0.15, -0.1) is 0 Å². The summed E-state index contributed by atoms with van der Waals surface area (Å²) in [7, 11) is 0. The van der Waals surface area contributed by atoms with E-state index in [1.54, 1.807) is 4.90 Å². The number of hydrogen-bond acceptors (Lipinski definition) is 3. The molecule has 0 saturated carbocycles. The Bertz CT molecular complexity index is 1210. The molecule has 0 unspecified atom stereocenters. The summed E-state index contributed by atoms with van der Waals surface area (Å²) < 4.78 is 6.06. The first-order valence-corrected chi connectivity index (χ1v) is 13.1. The van der Waals surface area contributed by atoms with Gasteiger partial charge >= 0.3 is 0 Å². The first kappa shape index (κ1) is 28.0. The SMILES string of the molecule is CC[C@@H](C)NC(=O)[C@@H](Cc1ccccc1)N(Cc1cccc(C)c1)C(=O)COc1cc(C)cc(C)c1C. The summed E-state index contributed by atoms with van der Waals surface area (Å²) >= 11 is 0. The quantitative estimate of drug-likeness (QED) is 0.359. The summed E-state index contributed by atoms with van der Waals surface area (Å²) in [6, 6.07) is 21.3. The number of carbonyl (C=O) groups is 2. The molecule has 0 aromatic heterocycles. The summed E-state index contributed by atoms with van der Waals surface area (Å²) in [6.45, 7) is 12.3. The second-order valence-electron chi connectivity index (χ2n) is 10.0. The van der Waals surface area contributed by atoms with Gasteiger partial charge in [-0.2, -0.15) is 0 Å². The minimum atomic E-state index is -0.673. The molecule has 0 fully saturated rings. The number of carbonyl (C=O) groups excluding carboxylic acids is 2. The molecule has 0 aliphatic carbocycles. The summed E-state index contributed by atoms with van der Waals surface area (Å²) in [4.78, 5) is 29.1. The van der Waals surface area contributed by atoms with Crippen LogP contribution in [0.3, 0.4) is 0 Å². The molecule has 0 aliphatic rings. The van der Waals surface area contributed by atoms with Gasteiger partial charge in [0.25, 0.3) is 5.91 Å². The molecule has 3 rings (SSSR count). The lowest BCUT2D eigenvalue weighted by Gasteiger charge is -2.32. The molecule has 2 atom stereocenters. The van der Waals surface area contributed by atoms with Crippen LogP contribution in [0.4, 0.5) is 0 Å². The van der Waals surface area contributed by atoms with Crippen molar-refractivity contribution in [3.63, 3.8) is 0 Å². The highest BCUT2D eigenvalue weighted by Gasteiger charge is 2.31. The van der Waals surface area contributed by atoms with Gasteiger partial charge in [0.05, 0.1) is 0 Å². The smallest absolute Gasteiger partial charge is 0.261 e. The van der Waals surface area contributed by atoms with Crippen LogP contribution in [0.25, 0.3) is 0 Å². The van der Waals surface area contributed by atoms with Gasteiger partial charge in [-0.1, -0.05) is 73.2 Å². The molecule has 0 aliphatic heterocycles. The van der Waals surface area contributed by atoms with Gasteiger partial charge in [0.2, 0.25) is 5.91 Å². The van der Waals surface area contributed by atoms with Crippen molar-refractivity contribution in [1.29, 1.82) is 0 Å². The normalized spacial score (nSPS) is 12.5. The van der Waals surface area contributed by atoms with Crippen molar-refractivity contribution in [2.75, 3.05) is 6.61 Å². The van der Waals surface area contributed by atoms with Crippen molar-refractivity contribution < 1.29 is 14.3 Å². The van der Waals surface area contributed by atoms with E-state index < -0.39 is 6.04 Å². The number of ether oxygens (including phenoxy) is 1. The summed E-state index contributed by atoms with van der Waals surface area (Å²) in [6.07, 6.45) is 1.23. The molecule has 0 spiro atoms. The Balaban J connectivity index is 1.95. The molecular weight excluding hydrogens is 460 g/mol. The van der Waals surface area contributed by atoms with Crippen LogP contribution in [0.15, 0.2) is 66.7 Å². The fourth-order valence-electron chi connectivity index (χ4n) is 4.38. The molecule has 5 nitrogen and oxygen atoms in total. The zero-order valence-corrected chi connectivity index (χ0v) is 23.0. The fourth-order valence-corrected chi connectivity index (χ4v) is 4.38. The van der Waals surface area contributed by atoms with Crippen LogP contribution < -0.4 is 10.1 Å². The molecule has 2 amide bonds. The van der Waals surface area contributed by atoms with E-state index in [1.807, 2.05) is 96.1 Å². The lowest BCUT2D eigenvalue weighted by Crippen LogP contribution is -2.53. The summed E-state index contributed by atoms with van der Waals surface area (Å²) in [5.74, 6) is 0.326. The topological polar surface area (TPSA) is 58.6 Å². The Morgan fingerprint density at radius 3 is 2.27 bits per heavy atom. The van der Waals surface area contributed by atoms with Crippen LogP contribution in [0.1, 0.15) is 53.6 Å². The number of nitrogens with one attached hydrogen (secondary N) is 1. The maximum Gasteiger partial charge on any atom is 0.261 e. The summed E-state index contributed by atoms with van der Waals surface area (Å²) in [5.41, 5.74) is 6.30. The minimum absolute atomic E-state index is 0.0101. The monoisotopic (exact) mass is 500 g/mol. The second-order valence-corrected chi connectivity index (χ2v) is 10.0. The zero-order chi connectivity index (χ0) is 26.9. The average molecular weight is 501 g/mol. The van der Waals surface area contributed by atoms with E-state index in [1.165, 1.54) is 0 Å². The highest BCUT2D eigenvalue weighted by atomic mass is 16.5. The van der Waals surface area contributed by atoms with Crippen LogP contribution in [0.2, 0.25) is 0 Å². The van der Waals surface area contributed by atoms with E-state index in [0.717, 1.165) is 39.8 Å². The van der Waals surface area contributed by atoms with E-state index in [0.29, 0.717) is 18.7 Å². The number of hydrogen-bond donors (Lipinski definition) is 1. The van der Waals surface area contributed by atoms with Gasteiger partial charge in [0, 0.05) is 19.0 Å². The van der Waals surface area contributed by atoms with E-state index >= 15 is 0 Å². The van der Waals surface area contributed by atoms with Gasteiger partial charge in [0.15, 0.2) is 6.61 Å². The molecule has 3 aromatic carbocycles. The van der Waals surface area contributed by atoms with Gasteiger partial charge in [-0.05, 0) is 74.9 Å². The van der Waals surface area contributed by atoms with Gasteiger partial charge < -0.3 is 15.0 Å². The molecule has 37 heavy (non-hydrogen) atoms. The van der Waals surface area contributed by atoms with Crippen molar-refractivity contribution in [1.82, 2.24) is 10.2 Å². The zero-order valence-electron chi connectivity index (χ0n) is 23.0.